The quantitative estimate of drug-likeness (QED) is 0.678. The highest BCUT2D eigenvalue weighted by molar-refractivity contribution is 7.52. The number of hydrogen-bond acceptors (Lipinski definition) is 3. The molecule has 1 heterocycles. The van der Waals surface area contributed by atoms with E-state index in [4.69, 9.17) is 0 Å². The van der Waals surface area contributed by atoms with Crippen LogP contribution in [0.15, 0.2) is 4.99 Å². The van der Waals surface area contributed by atoms with Crippen LogP contribution in [0.5, 0.6) is 0 Å². The van der Waals surface area contributed by atoms with Crippen molar-refractivity contribution in [3.63, 3.8) is 0 Å². The van der Waals surface area contributed by atoms with Crippen molar-refractivity contribution in [2.45, 2.75) is 32.0 Å². The number of nitrogens with zero attached hydrogens (tertiary/aromatic N) is 2. The van der Waals surface area contributed by atoms with E-state index in [0.717, 1.165) is 12.8 Å². The third-order valence-corrected chi connectivity index (χ3v) is 3.64. The van der Waals surface area contributed by atoms with Gasteiger partial charge < -0.3 is 14.7 Å². The van der Waals surface area contributed by atoms with Gasteiger partial charge in [-0.1, -0.05) is 19.8 Å². The average Bonchev–Trinajstić information content (AvgIpc) is 2.55. The first-order valence-electron chi connectivity index (χ1n) is 4.86. The molecule has 0 saturated carbocycles. The van der Waals surface area contributed by atoms with Crippen molar-refractivity contribution in [1.82, 2.24) is 4.90 Å². The number of hydrogen-bond donors (Lipinski definition) is 2. The smallest absolute Gasteiger partial charge is 0.347 e. The van der Waals surface area contributed by atoms with E-state index in [0.29, 0.717) is 19.5 Å². The Bertz CT molecular complexity index is 251. The van der Waals surface area contributed by atoms with E-state index in [1.54, 1.807) is 11.2 Å². The first kappa shape index (κ1) is 11.7. The minimum Gasteiger partial charge on any atom is -0.347 e. The molecule has 0 fully saturated rings. The van der Waals surface area contributed by atoms with Crippen molar-refractivity contribution in [3.8, 4) is 0 Å². The summed E-state index contributed by atoms with van der Waals surface area (Å²) in [6.45, 7) is 3.27. The summed E-state index contributed by atoms with van der Waals surface area (Å²) in [5.74, 6) is -0.673. The van der Waals surface area contributed by atoms with Crippen LogP contribution in [-0.2, 0) is 4.57 Å². The number of aliphatic imine (C=N–C) groups is 1. The van der Waals surface area contributed by atoms with Crippen LogP contribution in [0.2, 0.25) is 0 Å². The van der Waals surface area contributed by atoms with Gasteiger partial charge in [0.25, 0.3) is 0 Å². The first-order valence-corrected chi connectivity index (χ1v) is 6.54. The van der Waals surface area contributed by atoms with Gasteiger partial charge in [-0.2, -0.15) is 0 Å². The highest BCUT2D eigenvalue weighted by Crippen LogP contribution is 2.45. The summed E-state index contributed by atoms with van der Waals surface area (Å²) in [6.07, 6.45) is 3.87. The van der Waals surface area contributed by atoms with Crippen molar-refractivity contribution < 1.29 is 14.4 Å². The van der Waals surface area contributed by atoms with Crippen LogP contribution >= 0.6 is 7.60 Å². The van der Waals surface area contributed by atoms with Crippen molar-refractivity contribution in [2.75, 3.05) is 13.1 Å². The van der Waals surface area contributed by atoms with Crippen LogP contribution in [0.1, 0.15) is 26.2 Å². The normalized spacial score (nSPS) is 18.9. The molecule has 1 unspecified atom stereocenters. The second-order valence-corrected chi connectivity index (χ2v) is 5.25. The summed E-state index contributed by atoms with van der Waals surface area (Å²) < 4.78 is 11.2. The fraction of sp³-hybridized carbons (Fsp3) is 0.875. The molecule has 0 aromatic heterocycles. The van der Waals surface area contributed by atoms with Crippen molar-refractivity contribution in [3.05, 3.63) is 0 Å². The topological polar surface area (TPSA) is 73.1 Å². The molecule has 5 nitrogen and oxygen atoms in total. The predicted octanol–water partition coefficient (Wildman–Crippen LogP) is 1.02. The van der Waals surface area contributed by atoms with Crippen molar-refractivity contribution in [2.24, 2.45) is 4.99 Å². The molecule has 0 aliphatic carbocycles. The maximum Gasteiger partial charge on any atom is 0.347 e. The molecule has 0 aromatic carbocycles. The van der Waals surface area contributed by atoms with Gasteiger partial charge in [-0.05, 0) is 6.42 Å². The van der Waals surface area contributed by atoms with Gasteiger partial charge in [-0.25, -0.2) is 0 Å². The lowest BCUT2D eigenvalue weighted by Crippen LogP contribution is -2.32. The Morgan fingerprint density at radius 2 is 2.36 bits per heavy atom. The SMILES string of the molecule is CCCCC(N1C=NCC1)P(=O)(O)O. The van der Waals surface area contributed by atoms with Crippen molar-refractivity contribution in [1.29, 1.82) is 0 Å². The summed E-state index contributed by atoms with van der Waals surface area (Å²) >= 11 is 0. The van der Waals surface area contributed by atoms with Gasteiger partial charge in [0.2, 0.25) is 0 Å². The monoisotopic (exact) mass is 220 g/mol. The van der Waals surface area contributed by atoms with Crippen molar-refractivity contribution >= 4 is 13.9 Å². The fourth-order valence-electron chi connectivity index (χ4n) is 1.53. The lowest BCUT2D eigenvalue weighted by molar-refractivity contribution is 0.295. The summed E-state index contributed by atoms with van der Waals surface area (Å²) in [5.41, 5.74) is 0. The molecule has 1 aliphatic heterocycles. The molecule has 2 N–H and O–H groups in total. The Labute approximate surface area is 84.0 Å². The molecular formula is C8H17N2O3P. The zero-order chi connectivity index (χ0) is 10.6. The standard InChI is InChI=1S/C8H17N2O3P/c1-2-3-4-8(14(11,12)13)10-6-5-9-7-10/h7-8H,2-6H2,1H3,(H2,11,12,13). The Hall–Kier alpha value is -0.380. The number of rotatable bonds is 5. The van der Waals surface area contributed by atoms with Crippen LogP contribution in [0, 0.1) is 0 Å². The van der Waals surface area contributed by atoms with Gasteiger partial charge >= 0.3 is 7.60 Å². The van der Waals surface area contributed by atoms with Crippen LogP contribution in [0.3, 0.4) is 0 Å². The second kappa shape index (κ2) is 4.91. The minimum atomic E-state index is -4.02. The molecule has 6 heteroatoms. The van der Waals surface area contributed by atoms with Gasteiger partial charge in [0, 0.05) is 6.54 Å². The van der Waals surface area contributed by atoms with E-state index in [2.05, 4.69) is 4.99 Å². The molecule has 0 saturated heterocycles. The highest BCUT2D eigenvalue weighted by Gasteiger charge is 2.33. The Kier molecular flexibility index (Phi) is 4.11. The summed E-state index contributed by atoms with van der Waals surface area (Å²) in [4.78, 5) is 24.0. The molecule has 14 heavy (non-hydrogen) atoms. The van der Waals surface area contributed by atoms with Crippen LogP contribution in [0.25, 0.3) is 0 Å². The van der Waals surface area contributed by atoms with Gasteiger partial charge in [0.1, 0.15) is 5.78 Å². The largest absolute Gasteiger partial charge is 0.347 e. The third-order valence-electron chi connectivity index (χ3n) is 2.30. The van der Waals surface area contributed by atoms with E-state index in [1.807, 2.05) is 6.92 Å². The molecule has 1 atom stereocenters. The minimum absolute atomic E-state index is 0.535. The zero-order valence-corrected chi connectivity index (χ0v) is 9.23. The van der Waals surface area contributed by atoms with E-state index in [1.165, 1.54) is 0 Å². The lowest BCUT2D eigenvalue weighted by Gasteiger charge is -2.27. The van der Waals surface area contributed by atoms with Gasteiger partial charge in [0.05, 0.1) is 12.9 Å². The molecule has 0 bridgehead atoms. The highest BCUT2D eigenvalue weighted by atomic mass is 31.2. The van der Waals surface area contributed by atoms with Crippen LogP contribution in [0.4, 0.5) is 0 Å². The summed E-state index contributed by atoms with van der Waals surface area (Å²) in [7, 11) is -4.02. The second-order valence-electron chi connectivity index (χ2n) is 3.47. The average molecular weight is 220 g/mol. The molecule has 0 aromatic rings. The lowest BCUT2D eigenvalue weighted by atomic mass is 10.2. The Morgan fingerprint density at radius 1 is 1.64 bits per heavy atom. The molecule has 0 spiro atoms. The molecule has 1 rings (SSSR count). The zero-order valence-electron chi connectivity index (χ0n) is 8.33. The molecular weight excluding hydrogens is 203 g/mol. The molecule has 0 radical (unpaired) electrons. The fourth-order valence-corrected chi connectivity index (χ4v) is 2.61. The molecule has 1 aliphatic rings. The van der Waals surface area contributed by atoms with Gasteiger partial charge in [-0.15, -0.1) is 0 Å². The molecule has 82 valence electrons. The summed E-state index contributed by atoms with van der Waals surface area (Å²) in [5, 5.41) is 0. The Balaban J connectivity index is 2.61. The summed E-state index contributed by atoms with van der Waals surface area (Å²) in [6, 6.07) is 0. The Morgan fingerprint density at radius 3 is 2.79 bits per heavy atom. The van der Waals surface area contributed by atoms with Gasteiger partial charge in [-0.3, -0.25) is 9.56 Å². The third kappa shape index (κ3) is 3.08. The van der Waals surface area contributed by atoms with Crippen LogP contribution in [-0.4, -0.2) is 39.9 Å². The van der Waals surface area contributed by atoms with Crippen LogP contribution < -0.4 is 0 Å². The maximum absolute atomic E-state index is 11.2. The van der Waals surface area contributed by atoms with Gasteiger partial charge in [0.15, 0.2) is 0 Å². The van der Waals surface area contributed by atoms with E-state index in [-0.39, 0.29) is 0 Å². The van der Waals surface area contributed by atoms with E-state index in [9.17, 15) is 14.4 Å². The maximum atomic E-state index is 11.2. The van der Waals surface area contributed by atoms with E-state index >= 15 is 0 Å². The predicted molar refractivity (Wildman–Crippen MR) is 55.4 cm³/mol. The number of unbranched alkanes of at least 4 members (excludes halogenated alkanes) is 1. The first-order chi connectivity index (χ1) is 6.55. The van der Waals surface area contributed by atoms with E-state index < -0.39 is 13.4 Å². The molecule has 0 amide bonds.